The lowest BCUT2D eigenvalue weighted by Crippen LogP contribution is -2.61. The van der Waals surface area contributed by atoms with Crippen LogP contribution in [0.2, 0.25) is 0 Å². The van der Waals surface area contributed by atoms with E-state index in [2.05, 4.69) is 11.8 Å². The van der Waals surface area contributed by atoms with Crippen molar-refractivity contribution >= 4 is 9.84 Å². The zero-order valence-electron chi connectivity index (χ0n) is 12.3. The van der Waals surface area contributed by atoms with Crippen LogP contribution in [-0.4, -0.2) is 49.5 Å². The van der Waals surface area contributed by atoms with Crippen molar-refractivity contribution in [3.05, 3.63) is 0 Å². The lowest BCUT2D eigenvalue weighted by Gasteiger charge is -2.44. The van der Waals surface area contributed by atoms with Gasteiger partial charge in [0, 0.05) is 18.8 Å². The van der Waals surface area contributed by atoms with Gasteiger partial charge in [-0.05, 0) is 38.6 Å². The Morgan fingerprint density at radius 1 is 1.32 bits per heavy atom. The van der Waals surface area contributed by atoms with E-state index in [4.69, 9.17) is 5.73 Å². The molecule has 0 aromatic heterocycles. The van der Waals surface area contributed by atoms with Crippen LogP contribution < -0.4 is 5.73 Å². The van der Waals surface area contributed by atoms with Gasteiger partial charge in [0.2, 0.25) is 0 Å². The average Bonchev–Trinajstić information content (AvgIpc) is 3.07. The normalized spacial score (nSPS) is 32.1. The Balaban J connectivity index is 2.27. The highest BCUT2D eigenvalue weighted by atomic mass is 32.2. The van der Waals surface area contributed by atoms with Gasteiger partial charge in [-0.25, -0.2) is 8.42 Å². The van der Waals surface area contributed by atoms with Gasteiger partial charge in [-0.3, -0.25) is 4.90 Å². The van der Waals surface area contributed by atoms with E-state index < -0.39 is 9.84 Å². The summed E-state index contributed by atoms with van der Waals surface area (Å²) in [6.07, 6.45) is 8.81. The molecule has 0 aromatic rings. The summed E-state index contributed by atoms with van der Waals surface area (Å²) in [5.74, 6) is 0. The summed E-state index contributed by atoms with van der Waals surface area (Å²) >= 11 is 0. The third-order valence-corrected chi connectivity index (χ3v) is 6.57. The zero-order valence-corrected chi connectivity index (χ0v) is 13.1. The van der Waals surface area contributed by atoms with Crippen LogP contribution in [-0.2, 0) is 9.84 Å². The molecule has 2 unspecified atom stereocenters. The SMILES string of the molecule is CCCCN(C1CC1)C1(CN)CCCC1S(C)(=O)=O. The molecule has 0 saturated heterocycles. The van der Waals surface area contributed by atoms with E-state index in [1.807, 2.05) is 0 Å². The van der Waals surface area contributed by atoms with Crippen LogP contribution in [0.1, 0.15) is 51.9 Å². The van der Waals surface area contributed by atoms with E-state index in [9.17, 15) is 8.42 Å². The Bertz CT molecular complexity index is 406. The molecule has 0 aliphatic heterocycles. The second-order valence-corrected chi connectivity index (χ2v) is 8.52. The van der Waals surface area contributed by atoms with Gasteiger partial charge in [0.1, 0.15) is 0 Å². The largest absolute Gasteiger partial charge is 0.329 e. The van der Waals surface area contributed by atoms with Crippen LogP contribution in [0.3, 0.4) is 0 Å². The maximum Gasteiger partial charge on any atom is 0.152 e. The van der Waals surface area contributed by atoms with Gasteiger partial charge < -0.3 is 5.73 Å². The van der Waals surface area contributed by atoms with E-state index in [0.717, 1.165) is 38.6 Å². The lowest BCUT2D eigenvalue weighted by molar-refractivity contribution is 0.0903. The molecule has 2 saturated carbocycles. The predicted octanol–water partition coefficient (Wildman–Crippen LogP) is 1.55. The summed E-state index contributed by atoms with van der Waals surface area (Å²) in [5.41, 5.74) is 5.80. The minimum absolute atomic E-state index is 0.262. The number of rotatable bonds is 7. The second-order valence-electron chi connectivity index (χ2n) is 6.30. The fourth-order valence-electron chi connectivity index (χ4n) is 3.80. The number of nitrogens with zero attached hydrogens (tertiary/aromatic N) is 1. The first-order valence-electron chi connectivity index (χ1n) is 7.61. The molecule has 2 fully saturated rings. The molecule has 112 valence electrons. The molecule has 2 aliphatic carbocycles. The van der Waals surface area contributed by atoms with E-state index in [-0.39, 0.29) is 10.8 Å². The van der Waals surface area contributed by atoms with Gasteiger partial charge in [0.05, 0.1) is 10.8 Å². The van der Waals surface area contributed by atoms with E-state index in [0.29, 0.717) is 12.6 Å². The molecule has 2 atom stereocenters. The number of hydrogen-bond donors (Lipinski definition) is 1. The fraction of sp³-hybridized carbons (Fsp3) is 1.00. The Morgan fingerprint density at radius 2 is 2.00 bits per heavy atom. The number of nitrogens with two attached hydrogens (primary N) is 1. The van der Waals surface area contributed by atoms with Crippen molar-refractivity contribution in [1.29, 1.82) is 0 Å². The molecule has 0 aromatic carbocycles. The van der Waals surface area contributed by atoms with Crippen molar-refractivity contribution in [2.45, 2.75) is 68.7 Å². The van der Waals surface area contributed by atoms with Crippen LogP contribution >= 0.6 is 0 Å². The van der Waals surface area contributed by atoms with Gasteiger partial charge in [-0.2, -0.15) is 0 Å². The number of hydrogen-bond acceptors (Lipinski definition) is 4. The topological polar surface area (TPSA) is 63.4 Å². The molecule has 4 nitrogen and oxygen atoms in total. The fourth-order valence-corrected chi connectivity index (χ4v) is 5.54. The predicted molar refractivity (Wildman–Crippen MR) is 78.9 cm³/mol. The summed E-state index contributed by atoms with van der Waals surface area (Å²) in [7, 11) is -3.02. The second kappa shape index (κ2) is 5.70. The summed E-state index contributed by atoms with van der Waals surface area (Å²) in [5, 5.41) is -0.262. The summed E-state index contributed by atoms with van der Waals surface area (Å²) in [6, 6.07) is 0.581. The van der Waals surface area contributed by atoms with E-state index >= 15 is 0 Å². The molecular weight excluding hydrogens is 260 g/mol. The third kappa shape index (κ3) is 2.98. The molecule has 19 heavy (non-hydrogen) atoms. The molecule has 0 heterocycles. The van der Waals surface area contributed by atoms with Crippen LogP contribution in [0.25, 0.3) is 0 Å². The van der Waals surface area contributed by atoms with E-state index in [1.54, 1.807) is 0 Å². The summed E-state index contributed by atoms with van der Waals surface area (Å²) < 4.78 is 24.3. The zero-order chi connectivity index (χ0) is 14.1. The van der Waals surface area contributed by atoms with Crippen LogP contribution in [0.15, 0.2) is 0 Å². The third-order valence-electron chi connectivity index (χ3n) is 4.86. The monoisotopic (exact) mass is 288 g/mol. The van der Waals surface area contributed by atoms with Gasteiger partial charge in [0.25, 0.3) is 0 Å². The molecule has 2 aliphatic rings. The molecule has 0 radical (unpaired) electrons. The van der Waals surface area contributed by atoms with Gasteiger partial charge in [0.15, 0.2) is 9.84 Å². The van der Waals surface area contributed by atoms with Gasteiger partial charge >= 0.3 is 0 Å². The lowest BCUT2D eigenvalue weighted by atomic mass is 9.93. The first-order valence-corrected chi connectivity index (χ1v) is 9.57. The van der Waals surface area contributed by atoms with Crippen molar-refractivity contribution in [3.63, 3.8) is 0 Å². The Hall–Kier alpha value is -0.130. The maximum absolute atomic E-state index is 12.1. The van der Waals surface area contributed by atoms with Gasteiger partial charge in [-0.15, -0.1) is 0 Å². The molecule has 5 heteroatoms. The minimum Gasteiger partial charge on any atom is -0.329 e. The van der Waals surface area contributed by atoms with Crippen LogP contribution in [0.4, 0.5) is 0 Å². The molecular formula is C14H28N2O2S. The highest BCUT2D eigenvalue weighted by Gasteiger charge is 2.53. The molecule has 2 rings (SSSR count). The Morgan fingerprint density at radius 3 is 2.47 bits per heavy atom. The van der Waals surface area contributed by atoms with Crippen molar-refractivity contribution in [1.82, 2.24) is 4.90 Å². The Kier molecular flexibility index (Phi) is 4.58. The average molecular weight is 288 g/mol. The molecule has 2 N–H and O–H groups in total. The van der Waals surface area contributed by atoms with Crippen molar-refractivity contribution in [2.75, 3.05) is 19.3 Å². The van der Waals surface area contributed by atoms with Crippen molar-refractivity contribution < 1.29 is 8.42 Å². The molecule has 0 spiro atoms. The first kappa shape index (κ1) is 15.3. The Labute approximate surface area is 117 Å². The van der Waals surface area contributed by atoms with Crippen LogP contribution in [0.5, 0.6) is 0 Å². The highest BCUT2D eigenvalue weighted by Crippen LogP contribution is 2.44. The molecule has 0 amide bonds. The van der Waals surface area contributed by atoms with Crippen molar-refractivity contribution in [2.24, 2.45) is 5.73 Å². The van der Waals surface area contributed by atoms with Gasteiger partial charge in [-0.1, -0.05) is 19.8 Å². The highest BCUT2D eigenvalue weighted by molar-refractivity contribution is 7.91. The number of unbranched alkanes of at least 4 members (excludes halogenated alkanes) is 1. The molecule has 0 bridgehead atoms. The quantitative estimate of drug-likeness (QED) is 0.772. The number of sulfone groups is 1. The summed E-state index contributed by atoms with van der Waals surface area (Å²) in [4.78, 5) is 2.47. The van der Waals surface area contributed by atoms with Crippen molar-refractivity contribution in [3.8, 4) is 0 Å². The van der Waals surface area contributed by atoms with Crippen LogP contribution in [0, 0.1) is 0 Å². The maximum atomic E-state index is 12.1. The standard InChI is InChI=1S/C14H28N2O2S/c1-3-4-10-16(12-7-8-12)14(11-15)9-5-6-13(14)19(2,17)18/h12-13H,3-11,15H2,1-2H3. The smallest absolute Gasteiger partial charge is 0.152 e. The van der Waals surface area contributed by atoms with E-state index in [1.165, 1.54) is 19.1 Å². The minimum atomic E-state index is -3.02. The summed E-state index contributed by atoms with van der Waals surface area (Å²) in [6.45, 7) is 3.66. The first-order chi connectivity index (χ1) is 8.95.